The minimum absolute atomic E-state index is 0.435. The van der Waals surface area contributed by atoms with E-state index in [0.717, 1.165) is 5.69 Å². The highest BCUT2D eigenvalue weighted by molar-refractivity contribution is 5.42. The quantitative estimate of drug-likeness (QED) is 0.582. The van der Waals surface area contributed by atoms with E-state index in [9.17, 15) is 5.11 Å². The Hall–Kier alpha value is -1.33. The molecular formula is C12H20N2O3. The molecule has 5 nitrogen and oxygen atoms in total. The minimum atomic E-state index is -1.09. The number of ether oxygens (including phenoxy) is 2. The second kappa shape index (κ2) is 5.84. The van der Waals surface area contributed by atoms with Crippen molar-refractivity contribution >= 4 is 5.69 Å². The fraction of sp³-hybridized carbons (Fsp3) is 0.583. The van der Waals surface area contributed by atoms with Crippen LogP contribution in [0.25, 0.3) is 0 Å². The normalized spacial score (nSPS) is 11.5. The molecule has 17 heavy (non-hydrogen) atoms. The molecular weight excluding hydrogens is 220 g/mol. The second-order valence-electron chi connectivity index (χ2n) is 4.38. The average molecular weight is 240 g/mol. The Balaban J connectivity index is 2.27. The third-order valence-corrected chi connectivity index (χ3v) is 1.95. The van der Waals surface area contributed by atoms with Crippen LogP contribution in [0.1, 0.15) is 26.0 Å². The van der Waals surface area contributed by atoms with Crippen molar-refractivity contribution in [3.8, 4) is 5.88 Å². The number of hydrogen-bond donors (Lipinski definition) is 2. The fourth-order valence-corrected chi connectivity index (χ4v) is 1.30. The predicted molar refractivity (Wildman–Crippen MR) is 65.7 cm³/mol. The van der Waals surface area contributed by atoms with Crippen LogP contribution in [0.15, 0.2) is 12.1 Å². The number of hydrogen-bond acceptors (Lipinski definition) is 5. The van der Waals surface area contributed by atoms with Crippen molar-refractivity contribution in [3.63, 3.8) is 0 Å². The molecule has 1 heterocycles. The highest BCUT2D eigenvalue weighted by atomic mass is 16.6. The summed E-state index contributed by atoms with van der Waals surface area (Å²) >= 11 is 0. The van der Waals surface area contributed by atoms with E-state index in [1.807, 2.05) is 6.92 Å². The van der Waals surface area contributed by atoms with Crippen LogP contribution in [-0.4, -0.2) is 29.1 Å². The van der Waals surface area contributed by atoms with Crippen LogP contribution >= 0.6 is 0 Å². The zero-order chi connectivity index (χ0) is 12.9. The van der Waals surface area contributed by atoms with Crippen molar-refractivity contribution < 1.29 is 14.6 Å². The largest absolute Gasteiger partial charge is 0.478 e. The number of aliphatic hydroxyl groups is 1. The monoisotopic (exact) mass is 240 g/mol. The fourth-order valence-electron chi connectivity index (χ4n) is 1.30. The van der Waals surface area contributed by atoms with Crippen LogP contribution in [0.2, 0.25) is 0 Å². The van der Waals surface area contributed by atoms with E-state index in [1.54, 1.807) is 26.0 Å². The molecule has 96 valence electrons. The molecule has 0 amide bonds. The molecule has 0 bridgehead atoms. The molecule has 1 rings (SSSR count). The van der Waals surface area contributed by atoms with Gasteiger partial charge in [-0.1, -0.05) is 0 Å². The van der Waals surface area contributed by atoms with Gasteiger partial charge in [0.2, 0.25) is 5.88 Å². The van der Waals surface area contributed by atoms with E-state index in [4.69, 9.17) is 15.2 Å². The lowest BCUT2D eigenvalue weighted by Crippen LogP contribution is -2.24. The van der Waals surface area contributed by atoms with Gasteiger partial charge in [-0.2, -0.15) is 0 Å². The van der Waals surface area contributed by atoms with Gasteiger partial charge in [0.1, 0.15) is 0 Å². The molecule has 0 fully saturated rings. The standard InChI is InChI=1S/C12H20N2O3/c1-9-7-10(13)8-11(14-9)16-5-4-6-17-12(2,3)15/h7-8,15H,4-6H2,1-3H3,(H2,13,14). The Labute approximate surface area is 102 Å². The highest BCUT2D eigenvalue weighted by Crippen LogP contribution is 2.14. The van der Waals surface area contributed by atoms with Crippen molar-refractivity contribution in [2.24, 2.45) is 0 Å². The smallest absolute Gasteiger partial charge is 0.215 e. The molecule has 3 N–H and O–H groups in total. The molecule has 0 aliphatic heterocycles. The summed E-state index contributed by atoms with van der Waals surface area (Å²) in [6, 6.07) is 3.47. The lowest BCUT2D eigenvalue weighted by Gasteiger charge is -2.17. The third-order valence-electron chi connectivity index (χ3n) is 1.95. The van der Waals surface area contributed by atoms with E-state index in [2.05, 4.69) is 4.98 Å². The number of aryl methyl sites for hydroxylation is 1. The van der Waals surface area contributed by atoms with Gasteiger partial charge in [0, 0.05) is 23.9 Å². The molecule has 0 spiro atoms. The van der Waals surface area contributed by atoms with Crippen LogP contribution in [0.4, 0.5) is 5.69 Å². The van der Waals surface area contributed by atoms with Crippen molar-refractivity contribution in [3.05, 3.63) is 17.8 Å². The Morgan fingerprint density at radius 1 is 1.35 bits per heavy atom. The third kappa shape index (κ3) is 6.09. The molecule has 1 aromatic heterocycles. The molecule has 0 aliphatic carbocycles. The Morgan fingerprint density at radius 3 is 2.65 bits per heavy atom. The molecule has 5 heteroatoms. The first-order chi connectivity index (χ1) is 7.87. The van der Waals surface area contributed by atoms with Gasteiger partial charge in [0.15, 0.2) is 5.79 Å². The van der Waals surface area contributed by atoms with Gasteiger partial charge in [0.25, 0.3) is 0 Å². The average Bonchev–Trinajstić information content (AvgIpc) is 2.13. The van der Waals surface area contributed by atoms with E-state index < -0.39 is 5.79 Å². The number of pyridine rings is 1. The first-order valence-electron chi connectivity index (χ1n) is 5.60. The zero-order valence-electron chi connectivity index (χ0n) is 10.6. The van der Waals surface area contributed by atoms with Crippen molar-refractivity contribution in [2.45, 2.75) is 33.0 Å². The number of aromatic nitrogens is 1. The summed E-state index contributed by atoms with van der Waals surface area (Å²) in [5.41, 5.74) is 7.13. The maximum absolute atomic E-state index is 9.31. The predicted octanol–water partition coefficient (Wildman–Crippen LogP) is 1.49. The summed E-state index contributed by atoms with van der Waals surface area (Å²) in [4.78, 5) is 4.19. The van der Waals surface area contributed by atoms with Gasteiger partial charge in [0.05, 0.1) is 13.2 Å². The molecule has 0 saturated heterocycles. The van der Waals surface area contributed by atoms with Gasteiger partial charge in [-0.3, -0.25) is 0 Å². The first-order valence-corrected chi connectivity index (χ1v) is 5.60. The van der Waals surface area contributed by atoms with Crippen molar-refractivity contribution in [2.75, 3.05) is 18.9 Å². The summed E-state index contributed by atoms with van der Waals surface area (Å²) in [6.07, 6.45) is 0.680. The van der Waals surface area contributed by atoms with Gasteiger partial charge in [-0.15, -0.1) is 0 Å². The summed E-state index contributed by atoms with van der Waals surface area (Å²) in [5.74, 6) is -0.572. The van der Waals surface area contributed by atoms with Crippen LogP contribution in [0.5, 0.6) is 5.88 Å². The molecule has 0 aliphatic rings. The highest BCUT2D eigenvalue weighted by Gasteiger charge is 2.11. The molecule has 0 unspecified atom stereocenters. The van der Waals surface area contributed by atoms with E-state index in [-0.39, 0.29) is 0 Å². The number of nitrogens with two attached hydrogens (primary N) is 1. The minimum Gasteiger partial charge on any atom is -0.478 e. The SMILES string of the molecule is Cc1cc(N)cc(OCCCOC(C)(C)O)n1. The number of rotatable bonds is 6. The molecule has 0 radical (unpaired) electrons. The van der Waals surface area contributed by atoms with Crippen LogP contribution in [0, 0.1) is 6.92 Å². The van der Waals surface area contributed by atoms with Gasteiger partial charge >= 0.3 is 0 Å². The Bertz CT molecular complexity index is 341. The van der Waals surface area contributed by atoms with E-state index in [0.29, 0.717) is 31.2 Å². The number of anilines is 1. The molecule has 1 aromatic rings. The van der Waals surface area contributed by atoms with Gasteiger partial charge in [-0.25, -0.2) is 4.98 Å². The zero-order valence-corrected chi connectivity index (χ0v) is 10.6. The molecule has 0 atom stereocenters. The van der Waals surface area contributed by atoms with E-state index in [1.165, 1.54) is 0 Å². The first kappa shape index (κ1) is 13.7. The van der Waals surface area contributed by atoms with Crippen LogP contribution in [0.3, 0.4) is 0 Å². The second-order valence-corrected chi connectivity index (χ2v) is 4.38. The summed E-state index contributed by atoms with van der Waals surface area (Å²) < 4.78 is 10.6. The maximum atomic E-state index is 9.31. The Morgan fingerprint density at radius 2 is 2.06 bits per heavy atom. The lowest BCUT2D eigenvalue weighted by molar-refractivity contribution is -0.176. The topological polar surface area (TPSA) is 77.6 Å². The summed E-state index contributed by atoms with van der Waals surface area (Å²) in [7, 11) is 0. The Kier molecular flexibility index (Phi) is 4.72. The summed E-state index contributed by atoms with van der Waals surface area (Å²) in [5, 5.41) is 9.31. The number of nitrogen functional groups attached to an aromatic ring is 1. The van der Waals surface area contributed by atoms with Crippen LogP contribution < -0.4 is 10.5 Å². The number of nitrogens with zero attached hydrogens (tertiary/aromatic N) is 1. The van der Waals surface area contributed by atoms with E-state index >= 15 is 0 Å². The van der Waals surface area contributed by atoms with Crippen molar-refractivity contribution in [1.82, 2.24) is 4.98 Å². The van der Waals surface area contributed by atoms with Gasteiger partial charge in [-0.05, 0) is 26.8 Å². The molecule has 0 aromatic carbocycles. The van der Waals surface area contributed by atoms with Crippen LogP contribution in [-0.2, 0) is 4.74 Å². The lowest BCUT2D eigenvalue weighted by atomic mass is 10.3. The molecule has 0 saturated carbocycles. The summed E-state index contributed by atoms with van der Waals surface area (Å²) in [6.45, 7) is 5.96. The maximum Gasteiger partial charge on any atom is 0.215 e. The van der Waals surface area contributed by atoms with Gasteiger partial charge < -0.3 is 20.3 Å². The van der Waals surface area contributed by atoms with Crippen molar-refractivity contribution in [1.29, 1.82) is 0 Å².